The molecule has 27 heavy (non-hydrogen) atoms. The van der Waals surface area contributed by atoms with Gasteiger partial charge < -0.3 is 28.7 Å². The third kappa shape index (κ3) is 3.71. The number of hydrogen-bond acceptors (Lipinski definition) is 1. The summed E-state index contributed by atoms with van der Waals surface area (Å²) < 4.78 is 43.3. The lowest BCUT2D eigenvalue weighted by molar-refractivity contribution is -0.617. The SMILES string of the molecule is C[n+]1c2ccccc2c(-c2ccc(OC(F)(F)F)cc2)c2ccccc21.[I-]. The van der Waals surface area contributed by atoms with E-state index < -0.39 is 6.36 Å². The highest BCUT2D eigenvalue weighted by molar-refractivity contribution is 6.07. The van der Waals surface area contributed by atoms with Crippen molar-refractivity contribution in [1.29, 1.82) is 0 Å². The molecule has 1 heterocycles. The lowest BCUT2D eigenvalue weighted by Crippen LogP contribution is -3.00. The van der Waals surface area contributed by atoms with Crippen molar-refractivity contribution < 1.29 is 46.5 Å². The minimum absolute atomic E-state index is 0. The van der Waals surface area contributed by atoms with Crippen LogP contribution in [-0.2, 0) is 7.05 Å². The number of benzene rings is 3. The number of alkyl halides is 3. The van der Waals surface area contributed by atoms with Gasteiger partial charge in [0.05, 0.1) is 10.8 Å². The molecule has 138 valence electrons. The summed E-state index contributed by atoms with van der Waals surface area (Å²) in [6, 6.07) is 22.0. The Kier molecular flexibility index (Phi) is 5.28. The summed E-state index contributed by atoms with van der Waals surface area (Å²) in [6.45, 7) is 0. The molecule has 0 radical (unpaired) electrons. The predicted molar refractivity (Wildman–Crippen MR) is 94.7 cm³/mol. The van der Waals surface area contributed by atoms with Gasteiger partial charge in [0.15, 0.2) is 0 Å². The second-order valence-corrected chi connectivity index (χ2v) is 6.04. The third-order valence-electron chi connectivity index (χ3n) is 4.45. The number of ether oxygens (including phenoxy) is 1. The fraction of sp³-hybridized carbons (Fsp3) is 0.0952. The molecule has 0 spiro atoms. The van der Waals surface area contributed by atoms with Crippen LogP contribution in [0.4, 0.5) is 13.2 Å². The summed E-state index contributed by atoms with van der Waals surface area (Å²) >= 11 is 0. The number of hydrogen-bond donors (Lipinski definition) is 0. The van der Waals surface area contributed by atoms with E-state index in [-0.39, 0.29) is 29.7 Å². The molecule has 3 aromatic carbocycles. The van der Waals surface area contributed by atoms with E-state index in [4.69, 9.17) is 0 Å². The van der Waals surface area contributed by atoms with Crippen molar-refractivity contribution in [2.45, 2.75) is 6.36 Å². The first-order chi connectivity index (χ1) is 12.4. The van der Waals surface area contributed by atoms with Crippen LogP contribution in [0.1, 0.15) is 0 Å². The van der Waals surface area contributed by atoms with Crippen LogP contribution in [-0.4, -0.2) is 6.36 Å². The van der Waals surface area contributed by atoms with Crippen LogP contribution in [0.25, 0.3) is 32.9 Å². The minimum Gasteiger partial charge on any atom is -1.00 e. The minimum atomic E-state index is -4.69. The Morgan fingerprint density at radius 2 is 1.22 bits per heavy atom. The largest absolute Gasteiger partial charge is 1.00 e. The summed E-state index contributed by atoms with van der Waals surface area (Å²) in [5.41, 5.74) is 3.94. The Morgan fingerprint density at radius 3 is 1.70 bits per heavy atom. The van der Waals surface area contributed by atoms with Crippen molar-refractivity contribution in [3.8, 4) is 16.9 Å². The van der Waals surface area contributed by atoms with Gasteiger partial charge in [0.2, 0.25) is 11.0 Å². The van der Waals surface area contributed by atoms with Crippen LogP contribution in [0.5, 0.6) is 5.75 Å². The first kappa shape index (κ1) is 19.4. The fourth-order valence-corrected chi connectivity index (χ4v) is 3.36. The normalized spacial score (nSPS) is 11.4. The number of rotatable bonds is 2. The lowest BCUT2D eigenvalue weighted by Gasteiger charge is -2.12. The molecule has 0 amide bonds. The zero-order valence-corrected chi connectivity index (χ0v) is 16.5. The number of para-hydroxylation sites is 2. The van der Waals surface area contributed by atoms with E-state index in [1.807, 2.05) is 55.6 Å². The molecule has 0 atom stereocenters. The van der Waals surface area contributed by atoms with E-state index in [9.17, 15) is 13.2 Å². The smallest absolute Gasteiger partial charge is 0.573 e. The lowest BCUT2D eigenvalue weighted by atomic mass is 9.96. The van der Waals surface area contributed by atoms with E-state index in [0.717, 1.165) is 32.9 Å². The van der Waals surface area contributed by atoms with Crippen LogP contribution < -0.4 is 33.3 Å². The third-order valence-corrected chi connectivity index (χ3v) is 4.45. The molecule has 1 aromatic heterocycles. The highest BCUT2D eigenvalue weighted by Gasteiger charge is 2.31. The second-order valence-electron chi connectivity index (χ2n) is 6.04. The maximum Gasteiger partial charge on any atom is 0.573 e. The van der Waals surface area contributed by atoms with Gasteiger partial charge in [-0.15, -0.1) is 13.2 Å². The molecule has 0 saturated heterocycles. The zero-order chi connectivity index (χ0) is 18.3. The van der Waals surface area contributed by atoms with Gasteiger partial charge in [-0.1, -0.05) is 36.4 Å². The fourth-order valence-electron chi connectivity index (χ4n) is 3.36. The second kappa shape index (κ2) is 7.34. The van der Waals surface area contributed by atoms with Gasteiger partial charge in [-0.3, -0.25) is 0 Å². The molecule has 0 N–H and O–H groups in total. The van der Waals surface area contributed by atoms with E-state index >= 15 is 0 Å². The molecule has 0 bridgehead atoms. The molecule has 0 aliphatic carbocycles. The Bertz CT molecular complexity index is 1050. The first-order valence-corrected chi connectivity index (χ1v) is 8.10. The molecular weight excluding hydrogens is 466 g/mol. The summed E-state index contributed by atoms with van der Waals surface area (Å²) in [5.74, 6) is -0.226. The van der Waals surface area contributed by atoms with E-state index in [1.165, 1.54) is 12.1 Å². The molecular formula is C21H15F3INO. The van der Waals surface area contributed by atoms with Crippen molar-refractivity contribution in [1.82, 2.24) is 0 Å². The summed E-state index contributed by atoms with van der Waals surface area (Å²) in [6.07, 6.45) is -4.69. The summed E-state index contributed by atoms with van der Waals surface area (Å²) in [4.78, 5) is 0. The molecule has 4 aromatic rings. The van der Waals surface area contributed by atoms with Crippen LogP contribution in [0, 0.1) is 0 Å². The number of nitrogens with zero attached hydrogens (tertiary/aromatic N) is 1. The van der Waals surface area contributed by atoms with Gasteiger partial charge in [0, 0.05) is 17.7 Å². The molecule has 2 nitrogen and oxygen atoms in total. The van der Waals surface area contributed by atoms with Gasteiger partial charge in [0.25, 0.3) is 0 Å². The quantitative estimate of drug-likeness (QED) is 0.244. The number of pyridine rings is 1. The highest BCUT2D eigenvalue weighted by atomic mass is 127. The van der Waals surface area contributed by atoms with Gasteiger partial charge in [0.1, 0.15) is 12.8 Å². The maximum atomic E-state index is 12.4. The number of fused-ring (bicyclic) bond motifs is 2. The average molecular weight is 481 g/mol. The maximum absolute atomic E-state index is 12.4. The van der Waals surface area contributed by atoms with E-state index in [0.29, 0.717) is 0 Å². The summed E-state index contributed by atoms with van der Waals surface area (Å²) in [7, 11) is 2.01. The predicted octanol–water partition coefficient (Wildman–Crippen LogP) is 2.39. The molecule has 6 heteroatoms. The van der Waals surface area contributed by atoms with E-state index in [1.54, 1.807) is 12.1 Å². The van der Waals surface area contributed by atoms with Crippen molar-refractivity contribution in [3.63, 3.8) is 0 Å². The highest BCUT2D eigenvalue weighted by Crippen LogP contribution is 2.35. The molecule has 0 aliphatic heterocycles. The zero-order valence-electron chi connectivity index (χ0n) is 14.3. The van der Waals surface area contributed by atoms with Crippen molar-refractivity contribution >= 4 is 21.8 Å². The van der Waals surface area contributed by atoms with E-state index in [2.05, 4.69) is 9.30 Å². The standard InChI is InChI=1S/C21H15F3NO.HI/c1-25-18-8-4-2-6-16(18)20(17-7-3-5-9-19(17)25)14-10-12-15(13-11-14)26-21(22,23)24;/h2-13H,1H3;1H/q+1;/p-1. The van der Waals surface area contributed by atoms with Crippen LogP contribution in [0.3, 0.4) is 0 Å². The van der Waals surface area contributed by atoms with Gasteiger partial charge >= 0.3 is 6.36 Å². The van der Waals surface area contributed by atoms with Gasteiger partial charge in [-0.05, 0) is 29.8 Å². The van der Waals surface area contributed by atoms with Crippen molar-refractivity contribution in [2.24, 2.45) is 7.05 Å². The van der Waals surface area contributed by atoms with Crippen molar-refractivity contribution in [2.75, 3.05) is 0 Å². The monoisotopic (exact) mass is 481 g/mol. The Morgan fingerprint density at radius 1 is 0.741 bits per heavy atom. The first-order valence-electron chi connectivity index (χ1n) is 8.10. The van der Waals surface area contributed by atoms with Crippen molar-refractivity contribution in [3.05, 3.63) is 72.8 Å². The Balaban J connectivity index is 0.00000210. The Hall–Kier alpha value is -2.35. The molecule has 0 saturated carbocycles. The molecule has 0 fully saturated rings. The summed E-state index contributed by atoms with van der Waals surface area (Å²) in [5, 5.41) is 2.08. The Labute approximate surface area is 171 Å². The average Bonchev–Trinajstić information content (AvgIpc) is 2.62. The topological polar surface area (TPSA) is 13.1 Å². The molecule has 0 unspecified atom stereocenters. The van der Waals surface area contributed by atoms with Crippen LogP contribution in [0.15, 0.2) is 72.8 Å². The molecule has 0 aliphatic rings. The van der Waals surface area contributed by atoms with Crippen LogP contribution >= 0.6 is 0 Å². The number of aryl methyl sites for hydroxylation is 1. The van der Waals surface area contributed by atoms with Crippen LogP contribution in [0.2, 0.25) is 0 Å². The number of halogens is 4. The van der Waals surface area contributed by atoms with Gasteiger partial charge in [-0.25, -0.2) is 0 Å². The number of aromatic nitrogens is 1. The molecule has 4 rings (SSSR count). The van der Waals surface area contributed by atoms with Gasteiger partial charge in [-0.2, -0.15) is 4.57 Å².